The van der Waals surface area contributed by atoms with Crippen molar-refractivity contribution in [3.63, 3.8) is 0 Å². The summed E-state index contributed by atoms with van der Waals surface area (Å²) in [7, 11) is 1.43. The van der Waals surface area contributed by atoms with E-state index in [1.807, 2.05) is 31.2 Å². The Morgan fingerprint density at radius 2 is 1.71 bits per heavy atom. The van der Waals surface area contributed by atoms with E-state index in [0.29, 0.717) is 22.7 Å². The lowest BCUT2D eigenvalue weighted by atomic mass is 9.85. The smallest absolute Gasteiger partial charge is 0.300 e. The van der Waals surface area contributed by atoms with Crippen LogP contribution in [0.1, 0.15) is 49.1 Å². The summed E-state index contributed by atoms with van der Waals surface area (Å²) in [5, 5.41) is 11.9. The molecule has 2 heterocycles. The molecule has 0 spiro atoms. The van der Waals surface area contributed by atoms with Crippen LogP contribution in [0.4, 0.5) is 5.69 Å². The second-order valence-electron chi connectivity index (χ2n) is 10.4. The summed E-state index contributed by atoms with van der Waals surface area (Å²) in [4.78, 5) is 28.5. The van der Waals surface area contributed by atoms with Crippen molar-refractivity contribution in [3.05, 3.63) is 87.4 Å². The maximum absolute atomic E-state index is 13.6. The van der Waals surface area contributed by atoms with Gasteiger partial charge < -0.3 is 19.3 Å². The van der Waals surface area contributed by atoms with E-state index < -0.39 is 17.7 Å². The fourth-order valence-corrected chi connectivity index (χ4v) is 5.22. The number of anilines is 1. The van der Waals surface area contributed by atoms with Crippen molar-refractivity contribution in [2.75, 3.05) is 18.8 Å². The van der Waals surface area contributed by atoms with E-state index in [2.05, 4.69) is 20.8 Å². The first kappa shape index (κ1) is 25.7. The van der Waals surface area contributed by atoms with Crippen molar-refractivity contribution in [3.8, 4) is 17.2 Å². The van der Waals surface area contributed by atoms with Crippen LogP contribution in [0.2, 0.25) is 5.02 Å². The molecule has 196 valence electrons. The fourth-order valence-electron chi connectivity index (χ4n) is 4.87. The largest absolute Gasteiger partial charge is 0.507 e. The van der Waals surface area contributed by atoms with Crippen molar-refractivity contribution in [1.29, 1.82) is 0 Å². The van der Waals surface area contributed by atoms with Gasteiger partial charge in [-0.05, 0) is 53.3 Å². The number of halogens is 1. The molecule has 0 saturated carbocycles. The standard InChI is InChI=1S/C30H28ClNO6/c1-16-12-20(28(36-5)21(31)13-16)26(33)24-25(17-6-8-18(9-7-17)30(2,3)4)32(29(35)27(24)34)19-10-11-22-23(14-19)38-15-37-22/h6-14,25,33H,15H2,1-5H3/b26-24+. The molecule has 2 aliphatic heterocycles. The molecule has 8 heteroatoms. The predicted octanol–water partition coefficient (Wildman–Crippen LogP) is 6.31. The van der Waals surface area contributed by atoms with Crippen molar-refractivity contribution in [2.24, 2.45) is 0 Å². The Balaban J connectivity index is 1.74. The third-order valence-electron chi connectivity index (χ3n) is 6.82. The first-order valence-corrected chi connectivity index (χ1v) is 12.5. The number of aryl methyl sites for hydroxylation is 1. The molecule has 1 atom stereocenters. The number of ketones is 1. The maximum Gasteiger partial charge on any atom is 0.300 e. The number of carbonyl (C=O) groups is 2. The van der Waals surface area contributed by atoms with E-state index in [-0.39, 0.29) is 39.9 Å². The molecule has 1 amide bonds. The number of fused-ring (bicyclic) bond motifs is 1. The minimum Gasteiger partial charge on any atom is -0.507 e. The van der Waals surface area contributed by atoms with Gasteiger partial charge >= 0.3 is 0 Å². The summed E-state index contributed by atoms with van der Waals surface area (Å²) >= 11 is 6.40. The van der Waals surface area contributed by atoms with Gasteiger partial charge in [-0.1, -0.05) is 56.6 Å². The summed E-state index contributed by atoms with van der Waals surface area (Å²) in [5.41, 5.74) is 3.03. The number of methoxy groups -OCH3 is 1. The average Bonchev–Trinajstić information content (AvgIpc) is 3.44. The fraction of sp³-hybridized carbons (Fsp3) is 0.267. The molecule has 0 bridgehead atoms. The average molecular weight is 534 g/mol. The van der Waals surface area contributed by atoms with Crippen LogP contribution in [0.5, 0.6) is 17.2 Å². The molecular formula is C30H28ClNO6. The molecule has 3 aromatic carbocycles. The zero-order chi connectivity index (χ0) is 27.4. The summed E-state index contributed by atoms with van der Waals surface area (Å²) in [6.45, 7) is 8.20. The van der Waals surface area contributed by atoms with Crippen LogP contribution in [-0.4, -0.2) is 30.7 Å². The number of aliphatic hydroxyl groups excluding tert-OH is 1. The van der Waals surface area contributed by atoms with Crippen LogP contribution in [0, 0.1) is 6.92 Å². The highest BCUT2D eigenvalue weighted by atomic mass is 35.5. The normalized spacial score (nSPS) is 18.3. The highest BCUT2D eigenvalue weighted by Crippen LogP contribution is 2.46. The maximum atomic E-state index is 13.6. The van der Waals surface area contributed by atoms with Gasteiger partial charge in [0.05, 0.1) is 29.3 Å². The quantitative estimate of drug-likeness (QED) is 0.240. The molecule has 1 saturated heterocycles. The topological polar surface area (TPSA) is 85.3 Å². The Kier molecular flexibility index (Phi) is 6.35. The van der Waals surface area contributed by atoms with E-state index in [4.69, 9.17) is 25.8 Å². The Labute approximate surface area is 226 Å². The Morgan fingerprint density at radius 1 is 1.03 bits per heavy atom. The van der Waals surface area contributed by atoms with Gasteiger partial charge in [-0.2, -0.15) is 0 Å². The molecule has 1 unspecified atom stereocenters. The van der Waals surface area contributed by atoms with Gasteiger partial charge in [0.25, 0.3) is 11.7 Å². The molecule has 3 aromatic rings. The van der Waals surface area contributed by atoms with E-state index in [0.717, 1.165) is 11.1 Å². The molecular weight excluding hydrogens is 506 g/mol. The van der Waals surface area contributed by atoms with Gasteiger partial charge in [0.2, 0.25) is 6.79 Å². The Morgan fingerprint density at radius 3 is 2.37 bits per heavy atom. The van der Waals surface area contributed by atoms with E-state index >= 15 is 0 Å². The number of aliphatic hydroxyl groups is 1. The van der Waals surface area contributed by atoms with Gasteiger partial charge in [0, 0.05) is 11.8 Å². The first-order chi connectivity index (χ1) is 18.0. The third-order valence-corrected chi connectivity index (χ3v) is 7.10. The van der Waals surface area contributed by atoms with Crippen LogP contribution in [0.3, 0.4) is 0 Å². The SMILES string of the molecule is COc1c(Cl)cc(C)cc1/C(O)=C1\C(=O)C(=O)N(c2ccc3c(c2)OCO3)C1c1ccc(C(C)(C)C)cc1. The second kappa shape index (κ2) is 9.40. The Hall–Kier alpha value is -3.97. The van der Waals surface area contributed by atoms with Crippen LogP contribution in [0.25, 0.3) is 5.76 Å². The van der Waals surface area contributed by atoms with Gasteiger partial charge in [0.1, 0.15) is 11.5 Å². The summed E-state index contributed by atoms with van der Waals surface area (Å²) < 4.78 is 16.4. The number of nitrogens with zero attached hydrogens (tertiary/aromatic N) is 1. The molecule has 1 fully saturated rings. The molecule has 1 N–H and O–H groups in total. The number of ether oxygens (including phenoxy) is 3. The van der Waals surface area contributed by atoms with Crippen LogP contribution >= 0.6 is 11.6 Å². The molecule has 0 aliphatic carbocycles. The molecule has 7 nitrogen and oxygen atoms in total. The number of rotatable bonds is 4. The van der Waals surface area contributed by atoms with Crippen molar-refractivity contribution in [1.82, 2.24) is 0 Å². The second-order valence-corrected chi connectivity index (χ2v) is 10.8. The summed E-state index contributed by atoms with van der Waals surface area (Å²) in [6, 6.07) is 15.2. The number of benzene rings is 3. The molecule has 38 heavy (non-hydrogen) atoms. The highest BCUT2D eigenvalue weighted by molar-refractivity contribution is 6.51. The van der Waals surface area contributed by atoms with Crippen LogP contribution in [0.15, 0.2) is 60.2 Å². The monoisotopic (exact) mass is 533 g/mol. The lowest BCUT2D eigenvalue weighted by Gasteiger charge is -2.27. The molecule has 5 rings (SSSR count). The zero-order valence-corrected chi connectivity index (χ0v) is 22.6. The predicted molar refractivity (Wildman–Crippen MR) is 145 cm³/mol. The number of carbonyl (C=O) groups excluding carboxylic acids is 2. The minimum atomic E-state index is -0.909. The minimum absolute atomic E-state index is 0.0591. The van der Waals surface area contributed by atoms with Gasteiger partial charge in [0.15, 0.2) is 11.5 Å². The van der Waals surface area contributed by atoms with E-state index in [1.54, 1.807) is 30.3 Å². The van der Waals surface area contributed by atoms with E-state index in [1.165, 1.54) is 12.0 Å². The lowest BCUT2D eigenvalue weighted by molar-refractivity contribution is -0.132. The van der Waals surface area contributed by atoms with Gasteiger partial charge in [-0.25, -0.2) is 0 Å². The van der Waals surface area contributed by atoms with Gasteiger partial charge in [-0.15, -0.1) is 0 Å². The zero-order valence-electron chi connectivity index (χ0n) is 21.8. The third kappa shape index (κ3) is 4.27. The van der Waals surface area contributed by atoms with Gasteiger partial charge in [-0.3, -0.25) is 14.5 Å². The highest BCUT2D eigenvalue weighted by Gasteiger charge is 2.47. The lowest BCUT2D eigenvalue weighted by Crippen LogP contribution is -2.29. The number of hydrogen-bond donors (Lipinski definition) is 1. The molecule has 2 aliphatic rings. The van der Waals surface area contributed by atoms with Crippen LogP contribution in [-0.2, 0) is 15.0 Å². The van der Waals surface area contributed by atoms with Crippen LogP contribution < -0.4 is 19.1 Å². The summed E-state index contributed by atoms with van der Waals surface area (Å²) in [5.74, 6) is -0.712. The number of Topliss-reactive ketones (excluding diaryl/α,β-unsaturated/α-hetero) is 1. The van der Waals surface area contributed by atoms with Crippen molar-refractivity contribution in [2.45, 2.75) is 39.2 Å². The number of hydrogen-bond acceptors (Lipinski definition) is 6. The molecule has 0 radical (unpaired) electrons. The van der Waals surface area contributed by atoms with Crippen molar-refractivity contribution >= 4 is 34.7 Å². The summed E-state index contributed by atoms with van der Waals surface area (Å²) in [6.07, 6.45) is 0. The first-order valence-electron chi connectivity index (χ1n) is 12.2. The van der Waals surface area contributed by atoms with E-state index in [9.17, 15) is 14.7 Å². The van der Waals surface area contributed by atoms with Crippen molar-refractivity contribution < 1.29 is 28.9 Å². The number of amides is 1. The molecule has 0 aromatic heterocycles. The Bertz CT molecular complexity index is 1490.